The predicted octanol–water partition coefficient (Wildman–Crippen LogP) is 4.18. The number of amides is 1. The number of hydrogen-bond acceptors (Lipinski definition) is 9. The molecule has 3 heterocycles. The number of nitrogens with two attached hydrogens (primary N) is 1. The van der Waals surface area contributed by atoms with E-state index in [1.165, 1.54) is 6.33 Å². The van der Waals surface area contributed by atoms with Gasteiger partial charge >= 0.3 is 0 Å². The number of fused-ring (bicyclic) bond motifs is 1. The van der Waals surface area contributed by atoms with E-state index in [9.17, 15) is 4.79 Å². The van der Waals surface area contributed by atoms with Crippen LogP contribution in [0, 0.1) is 0 Å². The van der Waals surface area contributed by atoms with Gasteiger partial charge in [0.15, 0.2) is 5.65 Å². The molecule has 2 aromatic heterocycles. The van der Waals surface area contributed by atoms with Crippen LogP contribution >= 0.6 is 0 Å². The van der Waals surface area contributed by atoms with Gasteiger partial charge in [-0.2, -0.15) is 5.10 Å². The third-order valence-corrected chi connectivity index (χ3v) is 7.53. The molecule has 0 unspecified atom stereocenters. The number of aromatic nitrogens is 4. The van der Waals surface area contributed by atoms with Crippen molar-refractivity contribution in [3.8, 4) is 22.8 Å². The van der Waals surface area contributed by atoms with Gasteiger partial charge in [0.1, 0.15) is 29.3 Å². The minimum Gasteiger partial charge on any atom is -0.457 e. The summed E-state index contributed by atoms with van der Waals surface area (Å²) in [6.07, 6.45) is 6.78. The van der Waals surface area contributed by atoms with Gasteiger partial charge in [0.05, 0.1) is 24.6 Å². The molecule has 1 aliphatic heterocycles. The number of anilines is 1. The quantitative estimate of drug-likeness (QED) is 0.230. The minimum absolute atomic E-state index is 0.0111. The Labute approximate surface area is 251 Å². The summed E-state index contributed by atoms with van der Waals surface area (Å²) < 4.78 is 18.3. The molecule has 11 heteroatoms. The summed E-state index contributed by atoms with van der Waals surface area (Å²) >= 11 is 0. The van der Waals surface area contributed by atoms with Crippen molar-refractivity contribution < 1.29 is 19.0 Å². The van der Waals surface area contributed by atoms with Gasteiger partial charge in [0.25, 0.3) is 0 Å². The van der Waals surface area contributed by atoms with Crippen molar-refractivity contribution in [2.45, 2.75) is 18.9 Å². The Morgan fingerprint density at radius 1 is 1.02 bits per heavy atom. The van der Waals surface area contributed by atoms with Crippen molar-refractivity contribution >= 4 is 22.8 Å². The third-order valence-electron chi connectivity index (χ3n) is 7.53. The number of hydrogen-bond donors (Lipinski definition) is 1. The highest BCUT2D eigenvalue weighted by Crippen LogP contribution is 2.35. The van der Waals surface area contributed by atoms with Gasteiger partial charge in [0, 0.05) is 58.6 Å². The molecule has 1 fully saturated rings. The Kier molecular flexibility index (Phi) is 10.3. The number of methoxy groups -OCH3 is 2. The summed E-state index contributed by atoms with van der Waals surface area (Å²) in [4.78, 5) is 26.1. The first-order chi connectivity index (χ1) is 21.1. The topological polar surface area (TPSA) is 121 Å². The Balaban J connectivity index is 1.32. The number of carbonyl (C=O) groups is 1. The number of likely N-dealkylation sites (tertiary alicyclic amines) is 1. The molecule has 0 saturated carbocycles. The highest BCUT2D eigenvalue weighted by Gasteiger charge is 2.28. The Morgan fingerprint density at radius 2 is 1.74 bits per heavy atom. The fourth-order valence-electron chi connectivity index (χ4n) is 5.26. The van der Waals surface area contributed by atoms with Gasteiger partial charge in [-0.25, -0.2) is 14.6 Å². The molecule has 0 spiro atoms. The lowest BCUT2D eigenvalue weighted by Gasteiger charge is -2.32. The van der Waals surface area contributed by atoms with Crippen LogP contribution in [0.2, 0.25) is 0 Å². The van der Waals surface area contributed by atoms with Gasteiger partial charge in [-0.05, 0) is 49.2 Å². The maximum Gasteiger partial charge on any atom is 0.246 e. The second-order valence-electron chi connectivity index (χ2n) is 10.5. The number of para-hydroxylation sites is 1. The number of ether oxygens (including phenoxy) is 3. The maximum absolute atomic E-state index is 13.2. The standard InChI is InChI=1S/C32H39N7O4/c1-41-20-18-37(19-21-42-2)16-7-11-28(40)38-17-6-8-25(22-38)39-32-29(31(33)34-23-35-32)30(36-39)24-12-14-27(15-13-24)43-26-9-4-3-5-10-26/h3-5,7,9-15,23,25H,6,8,16-22H2,1-2H3,(H2,33,34,35)/t25-/m1/s1. The number of nitrogen functional groups attached to an aromatic ring is 1. The lowest BCUT2D eigenvalue weighted by molar-refractivity contribution is -0.127. The average Bonchev–Trinajstić information content (AvgIpc) is 3.44. The van der Waals surface area contributed by atoms with Gasteiger partial charge < -0.3 is 24.8 Å². The van der Waals surface area contributed by atoms with Crippen molar-refractivity contribution in [2.24, 2.45) is 0 Å². The summed E-state index contributed by atoms with van der Waals surface area (Å²) in [5, 5.41) is 5.70. The highest BCUT2D eigenvalue weighted by atomic mass is 16.5. The second kappa shape index (κ2) is 14.7. The summed E-state index contributed by atoms with van der Waals surface area (Å²) in [6.45, 7) is 4.66. The predicted molar refractivity (Wildman–Crippen MR) is 166 cm³/mol. The highest BCUT2D eigenvalue weighted by molar-refractivity contribution is 5.98. The van der Waals surface area contributed by atoms with Crippen LogP contribution in [-0.2, 0) is 14.3 Å². The van der Waals surface area contributed by atoms with Crippen molar-refractivity contribution in [1.82, 2.24) is 29.5 Å². The fraction of sp³-hybridized carbons (Fsp3) is 0.375. The number of piperidine rings is 1. The molecule has 1 saturated heterocycles. The van der Waals surface area contributed by atoms with E-state index in [4.69, 9.17) is 25.0 Å². The van der Waals surface area contributed by atoms with Crippen LogP contribution < -0.4 is 10.5 Å². The Hall–Kier alpha value is -4.32. The fourth-order valence-corrected chi connectivity index (χ4v) is 5.26. The molecule has 0 aliphatic carbocycles. The first kappa shape index (κ1) is 30.1. The summed E-state index contributed by atoms with van der Waals surface area (Å²) in [5.41, 5.74) is 8.61. The second-order valence-corrected chi connectivity index (χ2v) is 10.5. The molecular formula is C32H39N7O4. The number of benzene rings is 2. The lowest BCUT2D eigenvalue weighted by Crippen LogP contribution is -2.40. The molecule has 1 aliphatic rings. The van der Waals surface area contributed by atoms with Crippen LogP contribution in [0.4, 0.5) is 5.82 Å². The molecule has 1 amide bonds. The van der Waals surface area contributed by atoms with E-state index in [-0.39, 0.29) is 11.9 Å². The van der Waals surface area contributed by atoms with E-state index in [2.05, 4.69) is 14.9 Å². The number of rotatable bonds is 13. The first-order valence-electron chi connectivity index (χ1n) is 14.5. The molecule has 1 atom stereocenters. The van der Waals surface area contributed by atoms with Crippen molar-refractivity contribution in [3.05, 3.63) is 73.1 Å². The van der Waals surface area contributed by atoms with Crippen molar-refractivity contribution in [1.29, 1.82) is 0 Å². The molecule has 4 aromatic rings. The van der Waals surface area contributed by atoms with Crippen LogP contribution in [0.25, 0.3) is 22.3 Å². The largest absolute Gasteiger partial charge is 0.457 e. The van der Waals surface area contributed by atoms with E-state index in [1.54, 1.807) is 20.3 Å². The van der Waals surface area contributed by atoms with Crippen molar-refractivity contribution in [3.63, 3.8) is 0 Å². The molecule has 11 nitrogen and oxygen atoms in total. The van der Waals surface area contributed by atoms with Gasteiger partial charge in [-0.1, -0.05) is 24.3 Å². The van der Waals surface area contributed by atoms with Gasteiger partial charge in [-0.3, -0.25) is 9.69 Å². The molecule has 2 aromatic carbocycles. The zero-order valence-electron chi connectivity index (χ0n) is 24.8. The molecule has 2 N–H and O–H groups in total. The minimum atomic E-state index is -0.0442. The van der Waals surface area contributed by atoms with Crippen molar-refractivity contribution in [2.75, 3.05) is 65.9 Å². The van der Waals surface area contributed by atoms with Crippen LogP contribution in [0.15, 0.2) is 73.1 Å². The zero-order chi connectivity index (χ0) is 30.0. The molecule has 0 radical (unpaired) electrons. The molecule has 43 heavy (non-hydrogen) atoms. The zero-order valence-corrected chi connectivity index (χ0v) is 24.8. The third kappa shape index (κ3) is 7.56. The van der Waals surface area contributed by atoms with E-state index >= 15 is 0 Å². The molecule has 5 rings (SSSR count). The van der Waals surface area contributed by atoms with Crippen LogP contribution in [0.3, 0.4) is 0 Å². The Bertz CT molecular complexity index is 1500. The summed E-state index contributed by atoms with van der Waals surface area (Å²) in [5.74, 6) is 1.85. The Morgan fingerprint density at radius 3 is 2.47 bits per heavy atom. The SMILES string of the molecule is COCCN(CC=CC(=O)N1CCC[C@@H](n2nc(-c3ccc(Oc4ccccc4)cc3)c3c(N)ncnc32)C1)CCOC. The monoisotopic (exact) mass is 585 g/mol. The van der Waals surface area contributed by atoms with E-state index in [1.807, 2.05) is 70.3 Å². The average molecular weight is 586 g/mol. The van der Waals surface area contributed by atoms with E-state index < -0.39 is 0 Å². The van der Waals surface area contributed by atoms with Crippen LogP contribution in [0.5, 0.6) is 11.5 Å². The molecule has 226 valence electrons. The summed E-state index contributed by atoms with van der Waals surface area (Å²) in [6, 6.07) is 17.3. The van der Waals surface area contributed by atoms with E-state index in [0.29, 0.717) is 55.4 Å². The van der Waals surface area contributed by atoms with Crippen LogP contribution in [0.1, 0.15) is 18.9 Å². The molecule has 0 bridgehead atoms. The first-order valence-corrected chi connectivity index (χ1v) is 14.5. The summed E-state index contributed by atoms with van der Waals surface area (Å²) in [7, 11) is 3.37. The molecular weight excluding hydrogens is 546 g/mol. The van der Waals surface area contributed by atoms with E-state index in [0.717, 1.165) is 43.0 Å². The maximum atomic E-state index is 13.2. The number of nitrogens with zero attached hydrogens (tertiary/aromatic N) is 6. The number of carbonyl (C=O) groups excluding carboxylic acids is 1. The normalized spacial score (nSPS) is 15.5. The lowest BCUT2D eigenvalue weighted by atomic mass is 10.1. The van der Waals surface area contributed by atoms with Gasteiger partial charge in [-0.15, -0.1) is 0 Å². The smallest absolute Gasteiger partial charge is 0.246 e. The van der Waals surface area contributed by atoms with Crippen LogP contribution in [-0.4, -0.2) is 95.6 Å². The van der Waals surface area contributed by atoms with Gasteiger partial charge in [0.2, 0.25) is 5.91 Å².